The van der Waals surface area contributed by atoms with E-state index in [0.29, 0.717) is 24.7 Å². The molecule has 2 amide bonds. The summed E-state index contributed by atoms with van der Waals surface area (Å²) in [6.45, 7) is 3.20. The number of pyridine rings is 1. The van der Waals surface area contributed by atoms with Crippen molar-refractivity contribution >= 4 is 28.9 Å². The van der Waals surface area contributed by atoms with Gasteiger partial charge in [0, 0.05) is 24.0 Å². The van der Waals surface area contributed by atoms with Crippen molar-refractivity contribution < 1.29 is 14.3 Å². The summed E-state index contributed by atoms with van der Waals surface area (Å²) >= 11 is 0. The molecule has 0 bridgehead atoms. The number of fused-ring (bicyclic) bond motifs is 1. The Morgan fingerprint density at radius 3 is 2.65 bits per heavy atom. The van der Waals surface area contributed by atoms with Gasteiger partial charge in [0.05, 0.1) is 17.9 Å². The highest BCUT2D eigenvalue weighted by molar-refractivity contribution is 6.08. The lowest BCUT2D eigenvalue weighted by atomic mass is 9.94. The van der Waals surface area contributed by atoms with Crippen LogP contribution in [0.5, 0.6) is 5.88 Å². The smallest absolute Gasteiger partial charge is 0.239 e. The second kappa shape index (κ2) is 9.27. The summed E-state index contributed by atoms with van der Waals surface area (Å²) in [7, 11) is 0. The largest absolute Gasteiger partial charge is 0.474 e. The first-order valence-electron chi connectivity index (χ1n) is 11.2. The van der Waals surface area contributed by atoms with Crippen LogP contribution in [0.2, 0.25) is 0 Å². The Morgan fingerprint density at radius 2 is 1.85 bits per heavy atom. The van der Waals surface area contributed by atoms with Gasteiger partial charge in [-0.3, -0.25) is 9.59 Å². The maximum atomic E-state index is 13.2. The Hall–Kier alpha value is -4.33. The van der Waals surface area contributed by atoms with Gasteiger partial charge in [-0.05, 0) is 36.3 Å². The second-order valence-electron chi connectivity index (χ2n) is 8.20. The summed E-state index contributed by atoms with van der Waals surface area (Å²) in [6, 6.07) is 17.0. The van der Waals surface area contributed by atoms with Crippen molar-refractivity contribution in [3.8, 4) is 17.0 Å². The standard InChI is InChI=1S/C26H25N5O3/c1-16-21(15-29-26-23(16)27-13-14-34-26)31-20-11-12-28-24(32)22(20)25(33)30-19-9-7-18(8-10-19)17-5-3-2-4-6-17/h2-12,15,20,22,27,31H,13-14H2,1H3,(H,28,32)(H,30,33). The first-order chi connectivity index (χ1) is 16.6. The number of carbonyl (C=O) groups excluding carboxylic acids is 2. The van der Waals surface area contributed by atoms with E-state index in [-0.39, 0.29) is 5.91 Å². The first-order valence-corrected chi connectivity index (χ1v) is 11.2. The zero-order valence-corrected chi connectivity index (χ0v) is 18.7. The predicted molar refractivity (Wildman–Crippen MR) is 132 cm³/mol. The van der Waals surface area contributed by atoms with Crippen LogP contribution in [-0.4, -0.2) is 36.0 Å². The van der Waals surface area contributed by atoms with Crippen LogP contribution in [0.4, 0.5) is 17.1 Å². The molecule has 3 aromatic rings. The van der Waals surface area contributed by atoms with E-state index in [1.54, 1.807) is 18.5 Å². The third kappa shape index (κ3) is 4.30. The molecule has 5 rings (SSSR count). The zero-order valence-electron chi connectivity index (χ0n) is 18.7. The third-order valence-corrected chi connectivity index (χ3v) is 5.98. The van der Waals surface area contributed by atoms with Gasteiger partial charge < -0.3 is 26.0 Å². The molecule has 3 heterocycles. The second-order valence-corrected chi connectivity index (χ2v) is 8.20. The summed E-state index contributed by atoms with van der Waals surface area (Å²) in [5, 5.41) is 12.1. The molecule has 8 nitrogen and oxygen atoms in total. The van der Waals surface area contributed by atoms with Gasteiger partial charge in [0.1, 0.15) is 18.2 Å². The van der Waals surface area contributed by atoms with E-state index in [4.69, 9.17) is 4.74 Å². The van der Waals surface area contributed by atoms with Gasteiger partial charge in [-0.15, -0.1) is 0 Å². The fraction of sp³-hybridized carbons (Fsp3) is 0.192. The van der Waals surface area contributed by atoms with Gasteiger partial charge in [0.2, 0.25) is 17.7 Å². The van der Waals surface area contributed by atoms with E-state index >= 15 is 0 Å². The number of hydrogen-bond acceptors (Lipinski definition) is 6. The van der Waals surface area contributed by atoms with Crippen LogP contribution < -0.4 is 26.0 Å². The van der Waals surface area contributed by atoms with Crippen molar-refractivity contribution in [2.45, 2.75) is 13.0 Å². The monoisotopic (exact) mass is 455 g/mol. The Kier molecular flexibility index (Phi) is 5.86. The summed E-state index contributed by atoms with van der Waals surface area (Å²) in [5.41, 5.74) is 5.23. The van der Waals surface area contributed by atoms with E-state index in [0.717, 1.165) is 28.1 Å². The van der Waals surface area contributed by atoms with E-state index in [1.807, 2.05) is 61.5 Å². The van der Waals surface area contributed by atoms with Gasteiger partial charge >= 0.3 is 0 Å². The van der Waals surface area contributed by atoms with E-state index in [9.17, 15) is 9.59 Å². The van der Waals surface area contributed by atoms with Crippen LogP contribution in [0.1, 0.15) is 5.56 Å². The molecule has 2 unspecified atom stereocenters. The van der Waals surface area contributed by atoms with Gasteiger partial charge in [0.25, 0.3) is 0 Å². The van der Waals surface area contributed by atoms with Crippen LogP contribution in [0.25, 0.3) is 11.1 Å². The highest BCUT2D eigenvalue weighted by Crippen LogP contribution is 2.34. The van der Waals surface area contributed by atoms with E-state index < -0.39 is 17.9 Å². The number of benzene rings is 2. The van der Waals surface area contributed by atoms with Gasteiger partial charge in [-0.25, -0.2) is 4.98 Å². The summed E-state index contributed by atoms with van der Waals surface area (Å²) < 4.78 is 5.59. The molecule has 1 aromatic heterocycles. The lowest BCUT2D eigenvalue weighted by molar-refractivity contribution is -0.132. The molecule has 34 heavy (non-hydrogen) atoms. The zero-order chi connectivity index (χ0) is 23.5. The number of amides is 2. The van der Waals surface area contributed by atoms with Crippen molar-refractivity contribution in [2.75, 3.05) is 29.1 Å². The number of ether oxygens (including phenoxy) is 1. The van der Waals surface area contributed by atoms with Gasteiger partial charge in [-0.2, -0.15) is 0 Å². The van der Waals surface area contributed by atoms with Crippen LogP contribution in [0.3, 0.4) is 0 Å². The molecular formula is C26H25N5O3. The Bertz CT molecular complexity index is 1240. The summed E-state index contributed by atoms with van der Waals surface area (Å²) in [6.07, 6.45) is 4.99. The summed E-state index contributed by atoms with van der Waals surface area (Å²) in [4.78, 5) is 30.2. The molecule has 2 atom stereocenters. The fourth-order valence-electron chi connectivity index (χ4n) is 4.15. The average molecular weight is 456 g/mol. The van der Waals surface area contributed by atoms with Crippen molar-refractivity contribution in [2.24, 2.45) is 5.92 Å². The molecule has 2 aromatic carbocycles. The van der Waals surface area contributed by atoms with E-state index in [2.05, 4.69) is 26.3 Å². The molecule has 0 fully saturated rings. The molecule has 0 spiro atoms. The van der Waals surface area contributed by atoms with Crippen LogP contribution >= 0.6 is 0 Å². The average Bonchev–Trinajstić information content (AvgIpc) is 2.87. The van der Waals surface area contributed by atoms with Gasteiger partial charge in [0.15, 0.2) is 0 Å². The normalized spacial score (nSPS) is 18.7. The fourth-order valence-corrected chi connectivity index (χ4v) is 4.15. The Labute approximate surface area is 197 Å². The number of aromatic nitrogens is 1. The van der Waals surface area contributed by atoms with Crippen molar-refractivity contribution in [1.82, 2.24) is 10.3 Å². The third-order valence-electron chi connectivity index (χ3n) is 5.98. The molecule has 172 valence electrons. The number of nitrogens with zero attached hydrogens (tertiary/aromatic N) is 1. The molecular weight excluding hydrogens is 430 g/mol. The molecule has 2 aliphatic rings. The molecule has 8 heteroatoms. The van der Waals surface area contributed by atoms with Crippen LogP contribution in [0, 0.1) is 12.8 Å². The minimum absolute atomic E-state index is 0.372. The summed E-state index contributed by atoms with van der Waals surface area (Å²) in [5.74, 6) is -1.17. The van der Waals surface area contributed by atoms with Gasteiger partial charge in [-0.1, -0.05) is 42.5 Å². The lowest BCUT2D eigenvalue weighted by Gasteiger charge is -2.29. The first kappa shape index (κ1) is 21.5. The molecule has 0 saturated heterocycles. The van der Waals surface area contributed by atoms with Crippen molar-refractivity contribution in [1.29, 1.82) is 0 Å². The molecule has 0 radical (unpaired) electrons. The van der Waals surface area contributed by atoms with Crippen LogP contribution in [-0.2, 0) is 9.59 Å². The topological polar surface area (TPSA) is 104 Å². The molecule has 0 saturated carbocycles. The number of hydrogen-bond donors (Lipinski definition) is 4. The quantitative estimate of drug-likeness (QED) is 0.439. The predicted octanol–water partition coefficient (Wildman–Crippen LogP) is 3.54. The minimum atomic E-state index is -0.960. The highest BCUT2D eigenvalue weighted by atomic mass is 16.5. The number of carbonyl (C=O) groups is 2. The minimum Gasteiger partial charge on any atom is -0.474 e. The number of rotatable bonds is 5. The van der Waals surface area contributed by atoms with Crippen molar-refractivity contribution in [3.63, 3.8) is 0 Å². The molecule has 0 aliphatic carbocycles. The lowest BCUT2D eigenvalue weighted by Crippen LogP contribution is -2.48. The Balaban J connectivity index is 1.33. The molecule has 4 N–H and O–H groups in total. The Morgan fingerprint density at radius 1 is 1.09 bits per heavy atom. The number of nitrogens with one attached hydrogen (secondary N) is 4. The van der Waals surface area contributed by atoms with Crippen molar-refractivity contribution in [3.05, 3.63) is 78.6 Å². The molecule has 2 aliphatic heterocycles. The maximum absolute atomic E-state index is 13.2. The highest BCUT2D eigenvalue weighted by Gasteiger charge is 2.36. The SMILES string of the molecule is Cc1c(NC2C=CNC(=O)C2C(=O)Nc2ccc(-c3ccccc3)cc2)cnc2c1NCCO2. The van der Waals surface area contributed by atoms with Crippen LogP contribution in [0.15, 0.2) is 73.1 Å². The number of anilines is 3. The maximum Gasteiger partial charge on any atom is 0.239 e. The van der Waals surface area contributed by atoms with E-state index in [1.165, 1.54) is 0 Å².